The van der Waals surface area contributed by atoms with E-state index in [-0.39, 0.29) is 6.17 Å². The number of fused-ring (bicyclic) bond motifs is 2. The highest BCUT2D eigenvalue weighted by molar-refractivity contribution is 6.13. The molecule has 0 amide bonds. The number of allylic oxidation sites excluding steroid dienone is 1. The van der Waals surface area contributed by atoms with Gasteiger partial charge in [0, 0.05) is 29.6 Å². The van der Waals surface area contributed by atoms with Gasteiger partial charge >= 0.3 is 0 Å². The SMILES string of the molecule is CN1C(c2ccccc2)=CC(c2ccccc2)=NC1c1ccc(-c2ccc(-c3nc4ccccc4n3-c3ccccc3)cc2)c2ccccc12. The normalized spacial score (nSPS) is 14.5. The first kappa shape index (κ1) is 29.6. The third-order valence-electron chi connectivity index (χ3n) is 9.69. The van der Waals surface area contributed by atoms with E-state index in [4.69, 9.17) is 9.98 Å². The summed E-state index contributed by atoms with van der Waals surface area (Å²) in [6.45, 7) is 0. The maximum Gasteiger partial charge on any atom is 0.148 e. The molecule has 0 saturated carbocycles. The third-order valence-corrected chi connectivity index (χ3v) is 9.69. The van der Waals surface area contributed by atoms with Crippen LogP contribution >= 0.6 is 0 Å². The van der Waals surface area contributed by atoms with Gasteiger partial charge in [0.05, 0.1) is 16.7 Å². The lowest BCUT2D eigenvalue weighted by molar-refractivity contribution is 0.366. The minimum atomic E-state index is -0.197. The standard InChI is InChI=1S/C46H34N4/c1-49-44(34-17-7-3-8-18-34)31-42(33-15-5-2-6-16-33)48-46(49)40-30-29-37(38-21-11-12-22-39(38)40)32-25-27-35(28-26-32)45-47-41-23-13-14-24-43(41)50(45)36-19-9-4-10-20-36/h2-31,46H,1H3. The number of aromatic nitrogens is 2. The van der Waals surface area contributed by atoms with Crippen LogP contribution in [0.15, 0.2) is 187 Å². The zero-order valence-corrected chi connectivity index (χ0v) is 27.7. The summed E-state index contributed by atoms with van der Waals surface area (Å²) in [5.74, 6) is 0.929. The molecule has 1 aliphatic rings. The lowest BCUT2D eigenvalue weighted by atomic mass is 9.92. The molecule has 1 atom stereocenters. The lowest BCUT2D eigenvalue weighted by Gasteiger charge is -2.34. The monoisotopic (exact) mass is 642 g/mol. The second kappa shape index (κ2) is 12.5. The molecule has 1 aromatic heterocycles. The van der Waals surface area contributed by atoms with Crippen molar-refractivity contribution in [3.05, 3.63) is 199 Å². The van der Waals surface area contributed by atoms with Crippen LogP contribution in [0.25, 0.3) is 55.7 Å². The van der Waals surface area contributed by atoms with Gasteiger partial charge in [-0.2, -0.15) is 0 Å². The quantitative estimate of drug-likeness (QED) is 0.181. The average Bonchev–Trinajstić information content (AvgIpc) is 3.59. The van der Waals surface area contributed by atoms with Crippen molar-refractivity contribution >= 4 is 33.2 Å². The molecule has 0 spiro atoms. The van der Waals surface area contributed by atoms with Crippen LogP contribution in [0, 0.1) is 0 Å². The molecule has 238 valence electrons. The third kappa shape index (κ3) is 5.19. The number of hydrogen-bond acceptors (Lipinski definition) is 3. The van der Waals surface area contributed by atoms with Gasteiger partial charge in [-0.1, -0.05) is 152 Å². The Balaban J connectivity index is 1.13. The van der Waals surface area contributed by atoms with Crippen LogP contribution in [0.3, 0.4) is 0 Å². The van der Waals surface area contributed by atoms with Crippen LogP contribution in [-0.4, -0.2) is 27.2 Å². The lowest BCUT2D eigenvalue weighted by Crippen LogP contribution is -2.27. The first-order valence-corrected chi connectivity index (χ1v) is 17.0. The van der Waals surface area contributed by atoms with Crippen molar-refractivity contribution in [1.82, 2.24) is 14.5 Å². The van der Waals surface area contributed by atoms with Crippen molar-refractivity contribution < 1.29 is 0 Å². The predicted octanol–water partition coefficient (Wildman–Crippen LogP) is 11.0. The second-order valence-corrected chi connectivity index (χ2v) is 12.7. The van der Waals surface area contributed by atoms with E-state index >= 15 is 0 Å². The van der Waals surface area contributed by atoms with Gasteiger partial charge in [0.2, 0.25) is 0 Å². The van der Waals surface area contributed by atoms with Gasteiger partial charge in [0.25, 0.3) is 0 Å². The molecule has 0 saturated heterocycles. The van der Waals surface area contributed by atoms with Crippen molar-refractivity contribution in [2.24, 2.45) is 4.99 Å². The fourth-order valence-electron chi connectivity index (χ4n) is 7.22. The summed E-state index contributed by atoms with van der Waals surface area (Å²) in [5, 5.41) is 2.40. The van der Waals surface area contributed by atoms with E-state index in [2.05, 4.69) is 186 Å². The van der Waals surface area contributed by atoms with Gasteiger partial charge in [0.1, 0.15) is 12.0 Å². The molecule has 0 N–H and O–H groups in total. The fourth-order valence-corrected chi connectivity index (χ4v) is 7.22. The van der Waals surface area contributed by atoms with E-state index in [1.807, 2.05) is 12.1 Å². The first-order valence-electron chi connectivity index (χ1n) is 17.0. The zero-order valence-electron chi connectivity index (χ0n) is 27.7. The summed E-state index contributed by atoms with van der Waals surface area (Å²) in [4.78, 5) is 12.8. The molecule has 9 rings (SSSR count). The highest BCUT2D eigenvalue weighted by atomic mass is 15.2. The summed E-state index contributed by atoms with van der Waals surface area (Å²) in [7, 11) is 2.15. The molecule has 4 nitrogen and oxygen atoms in total. The van der Waals surface area contributed by atoms with E-state index in [1.54, 1.807) is 0 Å². The Morgan fingerprint density at radius 2 is 1.10 bits per heavy atom. The van der Waals surface area contributed by atoms with Crippen molar-refractivity contribution in [3.63, 3.8) is 0 Å². The highest BCUT2D eigenvalue weighted by Gasteiger charge is 2.27. The van der Waals surface area contributed by atoms with E-state index < -0.39 is 0 Å². The van der Waals surface area contributed by atoms with Gasteiger partial charge in [-0.25, -0.2) is 4.98 Å². The molecule has 0 radical (unpaired) electrons. The minimum absolute atomic E-state index is 0.197. The van der Waals surface area contributed by atoms with E-state index in [0.29, 0.717) is 0 Å². The maximum absolute atomic E-state index is 5.38. The Hall–Kier alpha value is -6.52. The van der Waals surface area contributed by atoms with E-state index in [1.165, 1.54) is 27.5 Å². The first-order chi connectivity index (χ1) is 24.7. The Bertz CT molecular complexity index is 2530. The number of benzene rings is 7. The van der Waals surface area contributed by atoms with Gasteiger partial charge in [-0.3, -0.25) is 9.56 Å². The van der Waals surface area contributed by atoms with Crippen LogP contribution in [-0.2, 0) is 0 Å². The average molecular weight is 643 g/mol. The Labute approximate surface area is 292 Å². The smallest absolute Gasteiger partial charge is 0.148 e. The van der Waals surface area contributed by atoms with Crippen molar-refractivity contribution in [1.29, 1.82) is 0 Å². The number of aliphatic imine (C=N–C) groups is 1. The van der Waals surface area contributed by atoms with Gasteiger partial charge in [-0.05, 0) is 63.4 Å². The summed E-state index contributed by atoms with van der Waals surface area (Å²) in [6, 6.07) is 62.0. The second-order valence-electron chi connectivity index (χ2n) is 12.7. The van der Waals surface area contributed by atoms with Crippen LogP contribution < -0.4 is 0 Å². The van der Waals surface area contributed by atoms with Gasteiger partial charge < -0.3 is 4.90 Å². The summed E-state index contributed by atoms with van der Waals surface area (Å²) < 4.78 is 2.25. The van der Waals surface area contributed by atoms with Crippen LogP contribution in [0.2, 0.25) is 0 Å². The maximum atomic E-state index is 5.38. The molecule has 0 fully saturated rings. The molecule has 1 aliphatic heterocycles. The fraction of sp³-hybridized carbons (Fsp3) is 0.0435. The van der Waals surface area contributed by atoms with Crippen LogP contribution in [0.5, 0.6) is 0 Å². The number of nitrogens with zero attached hydrogens (tertiary/aromatic N) is 4. The molecular formula is C46H34N4. The molecule has 50 heavy (non-hydrogen) atoms. The molecule has 0 bridgehead atoms. The summed E-state index contributed by atoms with van der Waals surface area (Å²) in [5.41, 5.74) is 12.2. The Morgan fingerprint density at radius 3 is 1.84 bits per heavy atom. The Morgan fingerprint density at radius 1 is 0.500 bits per heavy atom. The van der Waals surface area contributed by atoms with Crippen molar-refractivity contribution in [2.45, 2.75) is 6.17 Å². The van der Waals surface area contributed by atoms with Gasteiger partial charge in [-0.15, -0.1) is 0 Å². The number of rotatable bonds is 6. The summed E-state index contributed by atoms with van der Waals surface area (Å²) >= 11 is 0. The van der Waals surface area contributed by atoms with Crippen molar-refractivity contribution in [3.8, 4) is 28.2 Å². The van der Waals surface area contributed by atoms with Crippen molar-refractivity contribution in [2.75, 3.05) is 7.05 Å². The number of hydrogen-bond donors (Lipinski definition) is 0. The van der Waals surface area contributed by atoms with E-state index in [9.17, 15) is 0 Å². The molecule has 0 aliphatic carbocycles. The van der Waals surface area contributed by atoms with E-state index in [0.717, 1.165) is 50.6 Å². The largest absolute Gasteiger partial charge is 0.349 e. The molecule has 7 aromatic carbocycles. The highest BCUT2D eigenvalue weighted by Crippen LogP contribution is 2.40. The summed E-state index contributed by atoms with van der Waals surface area (Å²) in [6.07, 6.45) is 2.02. The topological polar surface area (TPSA) is 33.4 Å². The minimum Gasteiger partial charge on any atom is -0.349 e. The zero-order chi connectivity index (χ0) is 33.4. The molecule has 2 heterocycles. The number of imidazole rings is 1. The predicted molar refractivity (Wildman–Crippen MR) is 207 cm³/mol. The van der Waals surface area contributed by atoms with Gasteiger partial charge in [0.15, 0.2) is 0 Å². The van der Waals surface area contributed by atoms with Crippen LogP contribution in [0.4, 0.5) is 0 Å². The molecular weight excluding hydrogens is 609 g/mol. The Kier molecular flexibility index (Phi) is 7.40. The number of para-hydroxylation sites is 3. The van der Waals surface area contributed by atoms with Crippen LogP contribution in [0.1, 0.15) is 22.9 Å². The molecule has 1 unspecified atom stereocenters. The molecule has 8 aromatic rings. The molecule has 4 heteroatoms.